The molecule has 54 valence electrons. The smallest absolute Gasteiger partial charge is 0.0849 e. The molecule has 0 aliphatic heterocycles. The van der Waals surface area contributed by atoms with Crippen LogP contribution in [0.15, 0.2) is 42.2 Å². The van der Waals surface area contributed by atoms with E-state index in [1.54, 1.807) is 6.08 Å². The molecule has 2 N–H and O–H groups in total. The molecule has 2 heteroatoms. The van der Waals surface area contributed by atoms with E-state index in [4.69, 9.17) is 5.73 Å². The largest absolute Gasteiger partial charge is 0.397 e. The topological polar surface area (TPSA) is 38.4 Å². The second-order valence-electron chi connectivity index (χ2n) is 1.72. The summed E-state index contributed by atoms with van der Waals surface area (Å²) >= 11 is 0. The molecule has 0 aromatic carbocycles. The Kier molecular flexibility index (Phi) is 3.96. The molecule has 0 radical (unpaired) electrons. The summed E-state index contributed by atoms with van der Waals surface area (Å²) in [6, 6.07) is 0. The van der Waals surface area contributed by atoms with Crippen molar-refractivity contribution in [1.82, 2.24) is 0 Å². The van der Waals surface area contributed by atoms with Gasteiger partial charge in [0.2, 0.25) is 0 Å². The maximum Gasteiger partial charge on any atom is 0.0849 e. The molecule has 0 aliphatic carbocycles. The lowest BCUT2D eigenvalue weighted by atomic mass is 10.3. The Morgan fingerprint density at radius 3 is 2.50 bits per heavy atom. The van der Waals surface area contributed by atoms with E-state index < -0.39 is 0 Å². The van der Waals surface area contributed by atoms with E-state index in [0.29, 0.717) is 11.4 Å². The predicted octanol–water partition coefficient (Wildman–Crippen LogP) is 1.62. The lowest BCUT2D eigenvalue weighted by molar-refractivity contribution is 1.46. The molecule has 10 heavy (non-hydrogen) atoms. The van der Waals surface area contributed by atoms with Gasteiger partial charge in [-0.1, -0.05) is 19.2 Å². The first-order valence-electron chi connectivity index (χ1n) is 2.98. The van der Waals surface area contributed by atoms with Gasteiger partial charge in [-0.05, 0) is 13.0 Å². The summed E-state index contributed by atoms with van der Waals surface area (Å²) in [4.78, 5) is 3.88. The number of nitrogens with zero attached hydrogens (tertiary/aromatic N) is 1. The lowest BCUT2D eigenvalue weighted by Crippen LogP contribution is -2.06. The minimum Gasteiger partial charge on any atom is -0.397 e. The minimum absolute atomic E-state index is 0.456. The van der Waals surface area contributed by atoms with Crippen molar-refractivity contribution in [1.29, 1.82) is 0 Å². The molecule has 0 saturated heterocycles. The third kappa shape index (κ3) is 2.87. The van der Waals surface area contributed by atoms with Crippen LogP contribution in [0.3, 0.4) is 0 Å². The quantitative estimate of drug-likeness (QED) is 0.588. The van der Waals surface area contributed by atoms with E-state index in [0.717, 1.165) is 0 Å². The highest BCUT2D eigenvalue weighted by Crippen LogP contribution is 1.89. The van der Waals surface area contributed by atoms with Crippen molar-refractivity contribution in [2.75, 3.05) is 0 Å². The van der Waals surface area contributed by atoms with E-state index in [-0.39, 0.29) is 0 Å². The van der Waals surface area contributed by atoms with Crippen molar-refractivity contribution in [3.05, 3.63) is 37.2 Å². The van der Waals surface area contributed by atoms with Gasteiger partial charge in [-0.25, -0.2) is 0 Å². The first-order valence-corrected chi connectivity index (χ1v) is 2.98. The fraction of sp³-hybridized carbons (Fsp3) is 0.125. The van der Waals surface area contributed by atoms with Crippen LogP contribution in [-0.2, 0) is 0 Å². The fourth-order valence-corrected chi connectivity index (χ4v) is 0.489. The summed E-state index contributed by atoms with van der Waals surface area (Å²) in [5, 5.41) is 0. The summed E-state index contributed by atoms with van der Waals surface area (Å²) in [7, 11) is 0. The van der Waals surface area contributed by atoms with Crippen LogP contribution >= 0.6 is 0 Å². The molecule has 0 bridgehead atoms. The summed E-state index contributed by atoms with van der Waals surface area (Å²) in [5.41, 5.74) is 6.51. The number of allylic oxidation sites excluding steroid dienone is 2. The first-order chi connectivity index (χ1) is 4.72. The van der Waals surface area contributed by atoms with Crippen LogP contribution in [-0.4, -0.2) is 5.71 Å². The number of hydrogen-bond donors (Lipinski definition) is 1. The molecule has 0 fully saturated rings. The van der Waals surface area contributed by atoms with Crippen LogP contribution in [0.5, 0.6) is 0 Å². The summed E-state index contributed by atoms with van der Waals surface area (Å²) in [6.45, 7) is 8.88. The van der Waals surface area contributed by atoms with Crippen molar-refractivity contribution >= 4 is 5.71 Å². The van der Waals surface area contributed by atoms with E-state index in [2.05, 4.69) is 18.2 Å². The zero-order valence-electron chi connectivity index (χ0n) is 6.17. The van der Waals surface area contributed by atoms with Crippen molar-refractivity contribution in [3.8, 4) is 0 Å². The molecule has 0 aromatic heterocycles. The Morgan fingerprint density at radius 2 is 2.20 bits per heavy atom. The number of aliphatic imine (C=N–C) groups is 1. The van der Waals surface area contributed by atoms with Crippen LogP contribution < -0.4 is 5.73 Å². The Balaban J connectivity index is 4.41. The molecular formula is C8H12N2. The van der Waals surface area contributed by atoms with Gasteiger partial charge in [0.05, 0.1) is 11.4 Å². The SMILES string of the molecule is C=CN=C(/C=C\C)C(=C)N. The molecular weight excluding hydrogens is 124 g/mol. The van der Waals surface area contributed by atoms with Gasteiger partial charge < -0.3 is 5.73 Å². The fourth-order valence-electron chi connectivity index (χ4n) is 0.489. The van der Waals surface area contributed by atoms with E-state index in [1.807, 2.05) is 13.0 Å². The van der Waals surface area contributed by atoms with Gasteiger partial charge >= 0.3 is 0 Å². The van der Waals surface area contributed by atoms with Gasteiger partial charge in [-0.2, -0.15) is 0 Å². The van der Waals surface area contributed by atoms with Crippen LogP contribution in [0, 0.1) is 0 Å². The molecule has 0 unspecified atom stereocenters. The lowest BCUT2D eigenvalue weighted by Gasteiger charge is -1.94. The van der Waals surface area contributed by atoms with Gasteiger partial charge in [0, 0.05) is 6.20 Å². The second-order valence-corrected chi connectivity index (χ2v) is 1.72. The molecule has 0 rings (SSSR count). The minimum atomic E-state index is 0.456. The molecule has 0 aromatic rings. The highest BCUT2D eigenvalue weighted by molar-refractivity contribution is 6.07. The summed E-state index contributed by atoms with van der Waals surface area (Å²) < 4.78 is 0. The Bertz CT molecular complexity index is 187. The number of nitrogens with two attached hydrogens (primary N) is 1. The Hall–Kier alpha value is -1.31. The van der Waals surface area contributed by atoms with Crippen molar-refractivity contribution in [2.24, 2.45) is 10.7 Å². The molecule has 0 spiro atoms. The summed E-state index contributed by atoms with van der Waals surface area (Å²) in [6.07, 6.45) is 5.07. The monoisotopic (exact) mass is 136 g/mol. The zero-order chi connectivity index (χ0) is 7.98. The molecule has 0 saturated carbocycles. The van der Waals surface area contributed by atoms with E-state index in [9.17, 15) is 0 Å². The van der Waals surface area contributed by atoms with Crippen molar-refractivity contribution in [2.45, 2.75) is 6.92 Å². The van der Waals surface area contributed by atoms with Crippen LogP contribution in [0.1, 0.15) is 6.92 Å². The third-order valence-electron chi connectivity index (χ3n) is 0.884. The second kappa shape index (κ2) is 4.56. The third-order valence-corrected chi connectivity index (χ3v) is 0.884. The molecule has 0 atom stereocenters. The first kappa shape index (κ1) is 8.69. The van der Waals surface area contributed by atoms with E-state index in [1.165, 1.54) is 6.20 Å². The zero-order valence-corrected chi connectivity index (χ0v) is 6.17. The maximum absolute atomic E-state index is 5.38. The van der Waals surface area contributed by atoms with Gasteiger partial charge in [-0.15, -0.1) is 0 Å². The highest BCUT2D eigenvalue weighted by atomic mass is 14.7. The molecule has 0 aliphatic rings. The highest BCUT2D eigenvalue weighted by Gasteiger charge is 1.90. The standard InChI is InChI=1S/C8H12N2/c1-4-6-8(7(3)9)10-5-2/h4-6H,2-3,9H2,1H3/b6-4-,10-8?. The number of hydrogen-bond acceptors (Lipinski definition) is 2. The van der Waals surface area contributed by atoms with Gasteiger partial charge in [0.25, 0.3) is 0 Å². The molecule has 0 heterocycles. The van der Waals surface area contributed by atoms with Crippen LogP contribution in [0.25, 0.3) is 0 Å². The average Bonchev–Trinajstić information content (AvgIpc) is 1.87. The predicted molar refractivity (Wildman–Crippen MR) is 45.8 cm³/mol. The maximum atomic E-state index is 5.38. The normalized spacial score (nSPS) is 11.9. The Labute approximate surface area is 61.5 Å². The summed E-state index contributed by atoms with van der Waals surface area (Å²) in [5.74, 6) is 0. The number of rotatable bonds is 3. The van der Waals surface area contributed by atoms with Gasteiger partial charge in [0.1, 0.15) is 0 Å². The van der Waals surface area contributed by atoms with E-state index >= 15 is 0 Å². The van der Waals surface area contributed by atoms with Gasteiger partial charge in [-0.3, -0.25) is 4.99 Å². The molecule has 0 amide bonds. The van der Waals surface area contributed by atoms with Gasteiger partial charge in [0.15, 0.2) is 0 Å². The van der Waals surface area contributed by atoms with Crippen molar-refractivity contribution in [3.63, 3.8) is 0 Å². The molecule has 2 nitrogen and oxygen atoms in total. The van der Waals surface area contributed by atoms with Crippen molar-refractivity contribution < 1.29 is 0 Å². The van der Waals surface area contributed by atoms with Crippen LogP contribution in [0.4, 0.5) is 0 Å². The average molecular weight is 136 g/mol. The van der Waals surface area contributed by atoms with Crippen LogP contribution in [0.2, 0.25) is 0 Å². The Morgan fingerprint density at radius 1 is 1.60 bits per heavy atom.